The van der Waals surface area contributed by atoms with Crippen molar-refractivity contribution >= 4 is 51.9 Å². The van der Waals surface area contributed by atoms with Crippen LogP contribution in [0.5, 0.6) is 0 Å². The lowest BCUT2D eigenvalue weighted by molar-refractivity contribution is 0.104. The Morgan fingerprint density at radius 2 is 1.75 bits per heavy atom. The van der Waals surface area contributed by atoms with Crippen LogP contribution in [0.3, 0.4) is 0 Å². The van der Waals surface area contributed by atoms with Crippen molar-refractivity contribution in [3.05, 3.63) is 55.2 Å². The van der Waals surface area contributed by atoms with E-state index in [1.165, 1.54) is 11.3 Å². The molecule has 1 nitrogen and oxygen atoms in total. The molecule has 0 aliphatic rings. The van der Waals surface area contributed by atoms with Crippen molar-refractivity contribution in [2.75, 3.05) is 0 Å². The highest BCUT2D eigenvalue weighted by Crippen LogP contribution is 2.28. The van der Waals surface area contributed by atoms with Crippen molar-refractivity contribution in [2.24, 2.45) is 0 Å². The minimum atomic E-state index is -0.140. The van der Waals surface area contributed by atoms with Gasteiger partial charge < -0.3 is 0 Å². The van der Waals surface area contributed by atoms with Crippen molar-refractivity contribution in [3.8, 4) is 0 Å². The molecule has 1 heterocycles. The minimum Gasteiger partial charge on any atom is -0.288 e. The Kier molecular flexibility index (Phi) is 3.55. The summed E-state index contributed by atoms with van der Waals surface area (Å²) in [6.45, 7) is 0. The highest BCUT2D eigenvalue weighted by Gasteiger charge is 2.15. The van der Waals surface area contributed by atoms with E-state index in [9.17, 15) is 4.79 Å². The second-order valence-electron chi connectivity index (χ2n) is 3.06. The number of thiophene rings is 1. The predicted molar refractivity (Wildman–Crippen MR) is 69.2 cm³/mol. The second-order valence-corrected chi connectivity index (χ2v) is 5.19. The van der Waals surface area contributed by atoms with Gasteiger partial charge in [0.15, 0.2) is 0 Å². The first-order valence-electron chi connectivity index (χ1n) is 4.32. The topological polar surface area (TPSA) is 17.1 Å². The molecule has 0 unspecified atom stereocenters. The summed E-state index contributed by atoms with van der Waals surface area (Å²) in [5.41, 5.74) is 0.485. The van der Waals surface area contributed by atoms with E-state index in [1.54, 1.807) is 29.6 Å². The van der Waals surface area contributed by atoms with E-state index < -0.39 is 0 Å². The first-order valence-corrected chi connectivity index (χ1v) is 6.33. The molecule has 0 aliphatic heterocycles. The van der Waals surface area contributed by atoms with Gasteiger partial charge in [0, 0.05) is 5.56 Å². The average Bonchev–Trinajstić information content (AvgIpc) is 2.67. The van der Waals surface area contributed by atoms with Crippen molar-refractivity contribution in [1.82, 2.24) is 0 Å². The van der Waals surface area contributed by atoms with Crippen LogP contribution < -0.4 is 0 Å². The van der Waals surface area contributed by atoms with Gasteiger partial charge in [-0.3, -0.25) is 4.79 Å². The average molecular weight is 292 g/mol. The number of halogens is 3. The Hall–Kier alpha value is -0.540. The zero-order valence-electron chi connectivity index (χ0n) is 7.84. The fourth-order valence-electron chi connectivity index (χ4n) is 1.22. The predicted octanol–water partition coefficient (Wildman–Crippen LogP) is 4.94. The van der Waals surface area contributed by atoms with Crippen LogP contribution in [0.2, 0.25) is 15.1 Å². The van der Waals surface area contributed by atoms with Crippen LogP contribution in [0.4, 0.5) is 0 Å². The van der Waals surface area contributed by atoms with Crippen LogP contribution in [-0.2, 0) is 0 Å². The smallest absolute Gasteiger partial charge is 0.204 e. The molecule has 5 heteroatoms. The highest BCUT2D eigenvalue weighted by atomic mass is 35.5. The van der Waals surface area contributed by atoms with Gasteiger partial charge in [0.25, 0.3) is 0 Å². The standard InChI is InChI=1S/C11H5Cl3OS/c12-7-2-1-6(5-9(7)14)10(15)11-8(13)3-4-16-11/h1-5H. The fourth-order valence-corrected chi connectivity index (χ4v) is 2.63. The summed E-state index contributed by atoms with van der Waals surface area (Å²) in [5.74, 6) is -0.140. The Bertz CT molecular complexity index is 548. The number of benzene rings is 1. The molecule has 0 radical (unpaired) electrons. The van der Waals surface area contributed by atoms with Crippen LogP contribution in [0.1, 0.15) is 15.2 Å². The van der Waals surface area contributed by atoms with E-state index >= 15 is 0 Å². The Morgan fingerprint density at radius 3 is 2.31 bits per heavy atom. The minimum absolute atomic E-state index is 0.140. The number of hydrogen-bond acceptors (Lipinski definition) is 2. The molecule has 0 fully saturated rings. The third-order valence-corrected chi connectivity index (χ3v) is 4.08. The second kappa shape index (κ2) is 4.76. The van der Waals surface area contributed by atoms with Gasteiger partial charge >= 0.3 is 0 Å². The lowest BCUT2D eigenvalue weighted by atomic mass is 10.1. The van der Waals surface area contributed by atoms with Gasteiger partial charge in [-0.15, -0.1) is 11.3 Å². The van der Waals surface area contributed by atoms with Gasteiger partial charge in [-0.25, -0.2) is 0 Å². The summed E-state index contributed by atoms with van der Waals surface area (Å²) in [7, 11) is 0. The number of ketones is 1. The van der Waals surface area contributed by atoms with E-state index in [-0.39, 0.29) is 5.78 Å². The molecule has 0 amide bonds. The van der Waals surface area contributed by atoms with E-state index in [0.717, 1.165) is 0 Å². The molecular formula is C11H5Cl3OS. The monoisotopic (exact) mass is 290 g/mol. The lowest BCUT2D eigenvalue weighted by Gasteiger charge is -2.01. The molecule has 0 bridgehead atoms. The molecule has 16 heavy (non-hydrogen) atoms. The van der Waals surface area contributed by atoms with Crippen LogP contribution in [-0.4, -0.2) is 5.78 Å². The molecule has 82 valence electrons. The fraction of sp³-hybridized carbons (Fsp3) is 0. The van der Waals surface area contributed by atoms with Crippen LogP contribution in [0.15, 0.2) is 29.6 Å². The summed E-state index contributed by atoms with van der Waals surface area (Å²) in [5, 5.41) is 3.02. The van der Waals surface area contributed by atoms with Crippen molar-refractivity contribution in [3.63, 3.8) is 0 Å². The van der Waals surface area contributed by atoms with E-state index in [4.69, 9.17) is 34.8 Å². The Labute approximate surface area is 112 Å². The summed E-state index contributed by atoms with van der Waals surface area (Å²) in [4.78, 5) is 12.5. The number of carbonyl (C=O) groups is 1. The largest absolute Gasteiger partial charge is 0.288 e. The summed E-state index contributed by atoms with van der Waals surface area (Å²) >= 11 is 18.8. The van der Waals surface area contributed by atoms with Gasteiger partial charge in [0.1, 0.15) is 0 Å². The highest BCUT2D eigenvalue weighted by molar-refractivity contribution is 7.13. The normalized spacial score (nSPS) is 10.4. The quantitative estimate of drug-likeness (QED) is 0.716. The molecule has 1 aromatic carbocycles. The van der Waals surface area contributed by atoms with Crippen LogP contribution in [0, 0.1) is 0 Å². The van der Waals surface area contributed by atoms with Gasteiger partial charge in [-0.1, -0.05) is 34.8 Å². The number of hydrogen-bond donors (Lipinski definition) is 0. The summed E-state index contributed by atoms with van der Waals surface area (Å²) in [6.07, 6.45) is 0. The van der Waals surface area contributed by atoms with E-state index in [2.05, 4.69) is 0 Å². The Balaban J connectivity index is 2.42. The van der Waals surface area contributed by atoms with Gasteiger partial charge in [0.05, 0.1) is 19.9 Å². The van der Waals surface area contributed by atoms with Gasteiger partial charge in [-0.2, -0.15) is 0 Å². The zero-order chi connectivity index (χ0) is 11.7. The van der Waals surface area contributed by atoms with Crippen molar-refractivity contribution in [1.29, 1.82) is 0 Å². The zero-order valence-corrected chi connectivity index (χ0v) is 10.9. The van der Waals surface area contributed by atoms with Crippen molar-refractivity contribution < 1.29 is 4.79 Å². The lowest BCUT2D eigenvalue weighted by Crippen LogP contribution is -1.98. The maximum Gasteiger partial charge on any atom is 0.204 e. The molecular weight excluding hydrogens is 287 g/mol. The maximum atomic E-state index is 12.0. The van der Waals surface area contributed by atoms with Crippen LogP contribution in [0.25, 0.3) is 0 Å². The molecule has 0 spiro atoms. The molecule has 1 aromatic heterocycles. The molecule has 0 N–H and O–H groups in total. The third kappa shape index (κ3) is 2.25. The summed E-state index contributed by atoms with van der Waals surface area (Å²) in [6, 6.07) is 6.46. The summed E-state index contributed by atoms with van der Waals surface area (Å²) < 4.78 is 0. The van der Waals surface area contributed by atoms with Gasteiger partial charge in [-0.05, 0) is 29.6 Å². The molecule has 0 saturated carbocycles. The van der Waals surface area contributed by atoms with E-state index in [1.807, 2.05) is 0 Å². The van der Waals surface area contributed by atoms with Crippen LogP contribution >= 0.6 is 46.1 Å². The maximum absolute atomic E-state index is 12.0. The van der Waals surface area contributed by atoms with E-state index in [0.29, 0.717) is 25.5 Å². The third-order valence-electron chi connectivity index (χ3n) is 2.01. The molecule has 2 rings (SSSR count). The first-order chi connectivity index (χ1) is 7.59. The Morgan fingerprint density at radius 1 is 1.00 bits per heavy atom. The SMILES string of the molecule is O=C(c1ccc(Cl)c(Cl)c1)c1sccc1Cl. The van der Waals surface area contributed by atoms with Crippen molar-refractivity contribution in [2.45, 2.75) is 0 Å². The molecule has 0 saturated heterocycles. The van der Waals surface area contributed by atoms with Gasteiger partial charge in [0.2, 0.25) is 5.78 Å². The molecule has 0 atom stereocenters. The number of rotatable bonds is 2. The molecule has 0 aliphatic carbocycles. The number of carbonyl (C=O) groups excluding carboxylic acids is 1. The first kappa shape index (κ1) is 11.9. The molecule has 2 aromatic rings.